The highest BCUT2D eigenvalue weighted by Gasteiger charge is 2.09. The van der Waals surface area contributed by atoms with Gasteiger partial charge in [-0.05, 0) is 34.0 Å². The molecule has 3 nitrogen and oxygen atoms in total. The average Bonchev–Trinajstić information content (AvgIpc) is 3.12. The molecule has 0 radical (unpaired) electrons. The van der Waals surface area contributed by atoms with Crippen molar-refractivity contribution in [2.45, 2.75) is 0 Å². The van der Waals surface area contributed by atoms with Crippen LogP contribution >= 0.6 is 11.3 Å². The van der Waals surface area contributed by atoms with Crippen LogP contribution in [0.4, 0.5) is 0 Å². The summed E-state index contributed by atoms with van der Waals surface area (Å²) in [5, 5.41) is 4.63. The fourth-order valence-electron chi connectivity index (χ4n) is 2.75. The molecule has 116 valence electrons. The maximum Gasteiger partial charge on any atom is 0.277 e. The first-order valence-corrected chi connectivity index (χ1v) is 8.43. The molecule has 4 rings (SSSR count). The number of thiazole rings is 1. The molecule has 0 aliphatic rings. The minimum atomic E-state index is -0.489. The highest BCUT2D eigenvalue weighted by Crippen LogP contribution is 2.29. The Balaban J connectivity index is 1.76. The van der Waals surface area contributed by atoms with Crippen molar-refractivity contribution in [3.05, 3.63) is 77.1 Å². The third kappa shape index (κ3) is 2.68. The van der Waals surface area contributed by atoms with Gasteiger partial charge in [0.15, 0.2) is 5.01 Å². The lowest BCUT2D eigenvalue weighted by Gasteiger charge is -2.06. The number of aromatic nitrogens is 1. The van der Waals surface area contributed by atoms with E-state index < -0.39 is 5.91 Å². The van der Waals surface area contributed by atoms with Crippen molar-refractivity contribution in [3.63, 3.8) is 0 Å². The van der Waals surface area contributed by atoms with E-state index in [1.807, 2.05) is 29.6 Å². The van der Waals surface area contributed by atoms with Gasteiger partial charge in [-0.2, -0.15) is 0 Å². The van der Waals surface area contributed by atoms with E-state index in [0.29, 0.717) is 5.01 Å². The Morgan fingerprint density at radius 1 is 0.833 bits per heavy atom. The van der Waals surface area contributed by atoms with E-state index in [4.69, 9.17) is 5.73 Å². The van der Waals surface area contributed by atoms with Crippen LogP contribution in [0.2, 0.25) is 0 Å². The lowest BCUT2D eigenvalue weighted by atomic mass is 9.99. The van der Waals surface area contributed by atoms with Gasteiger partial charge in [0.05, 0.1) is 5.69 Å². The third-order valence-electron chi connectivity index (χ3n) is 3.96. The number of hydrogen-bond acceptors (Lipinski definition) is 3. The van der Waals surface area contributed by atoms with Gasteiger partial charge in [-0.3, -0.25) is 4.79 Å². The van der Waals surface area contributed by atoms with Crippen LogP contribution in [0.1, 0.15) is 9.80 Å². The van der Waals surface area contributed by atoms with Gasteiger partial charge in [0.1, 0.15) is 0 Å². The largest absolute Gasteiger partial charge is 0.364 e. The molecule has 0 fully saturated rings. The molecule has 0 atom stereocenters. The zero-order chi connectivity index (χ0) is 16.5. The number of nitrogens with two attached hydrogens (primary N) is 1. The van der Waals surface area contributed by atoms with Crippen LogP contribution in [0.25, 0.3) is 33.2 Å². The van der Waals surface area contributed by atoms with Gasteiger partial charge in [-0.15, -0.1) is 11.3 Å². The number of carbonyl (C=O) groups excluding carboxylic acids is 1. The number of amides is 1. The molecule has 0 aliphatic carbocycles. The normalized spacial score (nSPS) is 10.8. The van der Waals surface area contributed by atoms with Gasteiger partial charge in [-0.1, -0.05) is 54.6 Å². The second kappa shape index (κ2) is 5.91. The number of carbonyl (C=O) groups is 1. The molecule has 0 unspecified atom stereocenters. The van der Waals surface area contributed by atoms with Crippen molar-refractivity contribution >= 4 is 28.0 Å². The smallest absolute Gasteiger partial charge is 0.277 e. The number of nitrogens with zero attached hydrogens (tertiary/aromatic N) is 1. The Morgan fingerprint density at radius 2 is 1.58 bits per heavy atom. The summed E-state index contributed by atoms with van der Waals surface area (Å²) in [4.78, 5) is 15.5. The summed E-state index contributed by atoms with van der Waals surface area (Å²) >= 11 is 1.27. The van der Waals surface area contributed by atoms with Crippen LogP contribution in [-0.2, 0) is 0 Å². The van der Waals surface area contributed by atoms with E-state index in [0.717, 1.165) is 22.4 Å². The zero-order valence-corrected chi connectivity index (χ0v) is 13.6. The van der Waals surface area contributed by atoms with Crippen LogP contribution < -0.4 is 5.73 Å². The number of benzene rings is 3. The van der Waals surface area contributed by atoms with Crippen LogP contribution in [-0.4, -0.2) is 10.9 Å². The maximum atomic E-state index is 11.2. The van der Waals surface area contributed by atoms with Crippen molar-refractivity contribution in [3.8, 4) is 22.4 Å². The van der Waals surface area contributed by atoms with Crippen molar-refractivity contribution in [1.82, 2.24) is 4.98 Å². The van der Waals surface area contributed by atoms with E-state index in [1.165, 1.54) is 22.1 Å². The van der Waals surface area contributed by atoms with E-state index >= 15 is 0 Å². The quantitative estimate of drug-likeness (QED) is 0.590. The maximum absolute atomic E-state index is 11.2. The Morgan fingerprint density at radius 3 is 2.38 bits per heavy atom. The predicted octanol–water partition coefficient (Wildman–Crippen LogP) is 4.73. The molecule has 4 heteroatoms. The molecule has 1 amide bonds. The molecule has 0 saturated carbocycles. The minimum absolute atomic E-state index is 0.334. The van der Waals surface area contributed by atoms with E-state index in [2.05, 4.69) is 47.4 Å². The first-order valence-electron chi connectivity index (χ1n) is 7.56. The van der Waals surface area contributed by atoms with Gasteiger partial charge < -0.3 is 5.73 Å². The number of rotatable bonds is 3. The molecule has 24 heavy (non-hydrogen) atoms. The average molecular weight is 330 g/mol. The molecule has 0 bridgehead atoms. The second-order valence-electron chi connectivity index (χ2n) is 5.54. The fraction of sp³-hybridized carbons (Fsp3) is 0. The first kappa shape index (κ1) is 14.6. The Kier molecular flexibility index (Phi) is 3.59. The van der Waals surface area contributed by atoms with Crippen LogP contribution in [0.3, 0.4) is 0 Å². The second-order valence-corrected chi connectivity index (χ2v) is 6.40. The van der Waals surface area contributed by atoms with Crippen molar-refractivity contribution < 1.29 is 4.79 Å². The van der Waals surface area contributed by atoms with E-state index in [1.54, 1.807) is 0 Å². The molecule has 0 saturated heterocycles. The lowest BCUT2D eigenvalue weighted by molar-refractivity contribution is 0.1000. The van der Waals surface area contributed by atoms with Crippen molar-refractivity contribution in [2.75, 3.05) is 0 Å². The summed E-state index contributed by atoms with van der Waals surface area (Å²) in [7, 11) is 0. The van der Waals surface area contributed by atoms with Gasteiger partial charge in [0.25, 0.3) is 5.91 Å². The van der Waals surface area contributed by atoms with Crippen LogP contribution in [0.15, 0.2) is 72.1 Å². The number of hydrogen-bond donors (Lipinski definition) is 1. The summed E-state index contributed by atoms with van der Waals surface area (Å²) in [5.74, 6) is -0.489. The standard InChI is InChI=1S/C20H14N2OS/c21-19(23)20-22-18(12-24-20)17-7-3-6-15(11-17)16-9-8-13-4-1-2-5-14(13)10-16/h1-12H,(H2,21,23). The summed E-state index contributed by atoms with van der Waals surface area (Å²) in [6, 6.07) is 22.9. The highest BCUT2D eigenvalue weighted by atomic mass is 32.1. The topological polar surface area (TPSA) is 56.0 Å². The summed E-state index contributed by atoms with van der Waals surface area (Å²) < 4.78 is 0. The number of primary amides is 1. The van der Waals surface area contributed by atoms with E-state index in [9.17, 15) is 4.79 Å². The van der Waals surface area contributed by atoms with Crippen LogP contribution in [0, 0.1) is 0 Å². The molecular formula is C20H14N2OS. The SMILES string of the molecule is NC(=O)c1nc(-c2cccc(-c3ccc4ccccc4c3)c2)cs1. The Hall–Kier alpha value is -2.98. The number of fused-ring (bicyclic) bond motifs is 1. The zero-order valence-electron chi connectivity index (χ0n) is 12.8. The molecule has 0 spiro atoms. The minimum Gasteiger partial charge on any atom is -0.364 e. The molecular weight excluding hydrogens is 316 g/mol. The molecule has 0 aliphatic heterocycles. The summed E-state index contributed by atoms with van der Waals surface area (Å²) in [6.45, 7) is 0. The fourth-order valence-corrected chi connectivity index (χ4v) is 3.43. The summed E-state index contributed by atoms with van der Waals surface area (Å²) in [5.41, 5.74) is 9.31. The summed E-state index contributed by atoms with van der Waals surface area (Å²) in [6.07, 6.45) is 0. The van der Waals surface area contributed by atoms with Gasteiger partial charge in [0.2, 0.25) is 0 Å². The lowest BCUT2D eigenvalue weighted by Crippen LogP contribution is -2.10. The molecule has 1 heterocycles. The Labute approximate surface area is 143 Å². The molecule has 3 aromatic carbocycles. The van der Waals surface area contributed by atoms with Gasteiger partial charge >= 0.3 is 0 Å². The predicted molar refractivity (Wildman–Crippen MR) is 99.0 cm³/mol. The first-order chi connectivity index (χ1) is 11.7. The monoisotopic (exact) mass is 330 g/mol. The van der Waals surface area contributed by atoms with Crippen molar-refractivity contribution in [2.24, 2.45) is 5.73 Å². The molecule has 1 aromatic heterocycles. The molecule has 4 aromatic rings. The molecule has 2 N–H and O–H groups in total. The van der Waals surface area contributed by atoms with E-state index in [-0.39, 0.29) is 0 Å². The highest BCUT2D eigenvalue weighted by molar-refractivity contribution is 7.12. The Bertz CT molecular complexity index is 1050. The van der Waals surface area contributed by atoms with Gasteiger partial charge in [0, 0.05) is 10.9 Å². The van der Waals surface area contributed by atoms with Crippen LogP contribution in [0.5, 0.6) is 0 Å². The third-order valence-corrected chi connectivity index (χ3v) is 4.81. The van der Waals surface area contributed by atoms with Crippen molar-refractivity contribution in [1.29, 1.82) is 0 Å². The van der Waals surface area contributed by atoms with Gasteiger partial charge in [-0.25, -0.2) is 4.98 Å².